The van der Waals surface area contributed by atoms with Gasteiger partial charge in [-0.05, 0) is 41.8 Å². The van der Waals surface area contributed by atoms with E-state index in [9.17, 15) is 4.39 Å². The predicted molar refractivity (Wildman–Crippen MR) is 71.7 cm³/mol. The average Bonchev–Trinajstić information content (AvgIpc) is 2.29. The summed E-state index contributed by atoms with van der Waals surface area (Å²) in [6, 6.07) is 14.5. The van der Waals surface area contributed by atoms with Gasteiger partial charge in [0.15, 0.2) is 0 Å². The van der Waals surface area contributed by atoms with Gasteiger partial charge in [0, 0.05) is 6.04 Å². The Labute approximate surface area is 107 Å². The van der Waals surface area contributed by atoms with E-state index in [4.69, 9.17) is 5.73 Å². The summed E-state index contributed by atoms with van der Waals surface area (Å²) in [6.45, 7) is 1.94. The van der Waals surface area contributed by atoms with Gasteiger partial charge in [-0.15, -0.1) is 12.4 Å². The molecule has 3 heteroatoms. The molecule has 2 aromatic rings. The van der Waals surface area contributed by atoms with Crippen molar-refractivity contribution in [3.8, 4) is 11.1 Å². The summed E-state index contributed by atoms with van der Waals surface area (Å²) in [5.74, 6) is -0.219. The molecule has 0 unspecified atom stereocenters. The van der Waals surface area contributed by atoms with Crippen LogP contribution in [0.3, 0.4) is 0 Å². The highest BCUT2D eigenvalue weighted by atomic mass is 35.5. The van der Waals surface area contributed by atoms with Gasteiger partial charge in [-0.3, -0.25) is 0 Å². The zero-order valence-electron chi connectivity index (χ0n) is 9.56. The third-order valence-corrected chi connectivity index (χ3v) is 2.57. The van der Waals surface area contributed by atoms with E-state index in [-0.39, 0.29) is 24.3 Å². The first-order valence-corrected chi connectivity index (χ1v) is 5.28. The third-order valence-electron chi connectivity index (χ3n) is 2.57. The van der Waals surface area contributed by atoms with Gasteiger partial charge in [0.2, 0.25) is 0 Å². The third kappa shape index (κ3) is 3.29. The fourth-order valence-corrected chi connectivity index (χ4v) is 1.67. The van der Waals surface area contributed by atoms with Crippen molar-refractivity contribution in [3.05, 3.63) is 59.9 Å². The molecule has 0 amide bonds. The van der Waals surface area contributed by atoms with Crippen molar-refractivity contribution < 1.29 is 4.39 Å². The summed E-state index contributed by atoms with van der Waals surface area (Å²) in [4.78, 5) is 0. The van der Waals surface area contributed by atoms with E-state index < -0.39 is 0 Å². The van der Waals surface area contributed by atoms with Crippen LogP contribution in [0.4, 0.5) is 4.39 Å². The van der Waals surface area contributed by atoms with Gasteiger partial charge in [-0.2, -0.15) is 0 Å². The van der Waals surface area contributed by atoms with E-state index in [0.29, 0.717) is 0 Å². The minimum atomic E-state index is -0.219. The molecule has 0 aliphatic carbocycles. The van der Waals surface area contributed by atoms with Crippen molar-refractivity contribution in [2.45, 2.75) is 13.0 Å². The van der Waals surface area contributed by atoms with Gasteiger partial charge in [-0.1, -0.05) is 30.3 Å². The molecule has 0 saturated heterocycles. The van der Waals surface area contributed by atoms with Crippen LogP contribution in [-0.4, -0.2) is 0 Å². The van der Waals surface area contributed by atoms with Crippen LogP contribution in [0.25, 0.3) is 11.1 Å². The van der Waals surface area contributed by atoms with Gasteiger partial charge in [0.05, 0.1) is 0 Å². The van der Waals surface area contributed by atoms with E-state index in [1.54, 1.807) is 6.07 Å². The molecule has 0 aliphatic heterocycles. The van der Waals surface area contributed by atoms with Crippen molar-refractivity contribution >= 4 is 12.4 Å². The molecule has 0 spiro atoms. The molecule has 0 heterocycles. The fraction of sp³-hybridized carbons (Fsp3) is 0.143. The zero-order valence-corrected chi connectivity index (χ0v) is 10.4. The minimum absolute atomic E-state index is 0. The maximum atomic E-state index is 13.1. The topological polar surface area (TPSA) is 26.0 Å². The number of hydrogen-bond acceptors (Lipinski definition) is 1. The Morgan fingerprint density at radius 2 is 1.59 bits per heavy atom. The molecule has 0 bridgehead atoms. The minimum Gasteiger partial charge on any atom is -0.324 e. The lowest BCUT2D eigenvalue weighted by atomic mass is 10.0. The van der Waals surface area contributed by atoms with Crippen LogP contribution in [0.5, 0.6) is 0 Å². The number of halogens is 2. The Kier molecular flexibility index (Phi) is 4.67. The van der Waals surface area contributed by atoms with Gasteiger partial charge >= 0.3 is 0 Å². The van der Waals surface area contributed by atoms with Crippen LogP contribution in [-0.2, 0) is 0 Å². The quantitative estimate of drug-likeness (QED) is 0.860. The molecular weight excluding hydrogens is 237 g/mol. The van der Waals surface area contributed by atoms with Gasteiger partial charge in [0.25, 0.3) is 0 Å². The number of benzene rings is 2. The lowest BCUT2D eigenvalue weighted by Crippen LogP contribution is -2.04. The van der Waals surface area contributed by atoms with Crippen molar-refractivity contribution in [2.24, 2.45) is 5.73 Å². The summed E-state index contributed by atoms with van der Waals surface area (Å²) in [6.07, 6.45) is 0. The van der Waals surface area contributed by atoms with E-state index >= 15 is 0 Å². The maximum absolute atomic E-state index is 13.1. The van der Waals surface area contributed by atoms with Crippen LogP contribution in [0.1, 0.15) is 18.5 Å². The normalized spacial score (nSPS) is 11.7. The van der Waals surface area contributed by atoms with Crippen LogP contribution in [0.15, 0.2) is 48.5 Å². The number of hydrogen-bond donors (Lipinski definition) is 1. The fourth-order valence-electron chi connectivity index (χ4n) is 1.67. The summed E-state index contributed by atoms with van der Waals surface area (Å²) in [7, 11) is 0. The van der Waals surface area contributed by atoms with Crippen LogP contribution in [0.2, 0.25) is 0 Å². The molecule has 2 aromatic carbocycles. The number of nitrogens with two attached hydrogens (primary N) is 1. The summed E-state index contributed by atoms with van der Waals surface area (Å²) >= 11 is 0. The second kappa shape index (κ2) is 5.80. The first kappa shape index (κ1) is 13.7. The summed E-state index contributed by atoms with van der Waals surface area (Å²) in [5, 5.41) is 0. The smallest absolute Gasteiger partial charge is 0.123 e. The molecule has 2 N–H and O–H groups in total. The lowest BCUT2D eigenvalue weighted by molar-refractivity contribution is 0.628. The van der Waals surface area contributed by atoms with E-state index in [1.807, 2.05) is 37.3 Å². The second-order valence-corrected chi connectivity index (χ2v) is 3.92. The highest BCUT2D eigenvalue weighted by Gasteiger charge is 2.03. The van der Waals surface area contributed by atoms with E-state index in [0.717, 1.165) is 16.7 Å². The summed E-state index contributed by atoms with van der Waals surface area (Å²) in [5.41, 5.74) is 8.75. The molecule has 1 atom stereocenters. The molecule has 0 radical (unpaired) electrons. The Bertz CT molecular complexity index is 497. The Morgan fingerprint density at radius 3 is 2.18 bits per heavy atom. The second-order valence-electron chi connectivity index (χ2n) is 3.92. The van der Waals surface area contributed by atoms with Crippen LogP contribution in [0, 0.1) is 5.82 Å². The Hall–Kier alpha value is -1.38. The first-order valence-electron chi connectivity index (χ1n) is 5.28. The zero-order chi connectivity index (χ0) is 11.5. The first-order chi connectivity index (χ1) is 7.66. The van der Waals surface area contributed by atoms with Crippen LogP contribution < -0.4 is 5.73 Å². The predicted octanol–water partition coefficient (Wildman–Crippen LogP) is 3.93. The van der Waals surface area contributed by atoms with Crippen molar-refractivity contribution in [3.63, 3.8) is 0 Å². The average molecular weight is 252 g/mol. The molecule has 0 saturated carbocycles. The van der Waals surface area contributed by atoms with Gasteiger partial charge in [-0.25, -0.2) is 4.39 Å². The number of rotatable bonds is 2. The maximum Gasteiger partial charge on any atom is 0.123 e. The highest BCUT2D eigenvalue weighted by Crippen LogP contribution is 2.22. The molecule has 1 nitrogen and oxygen atoms in total. The molecule has 0 aliphatic rings. The van der Waals surface area contributed by atoms with Crippen molar-refractivity contribution in [1.29, 1.82) is 0 Å². The largest absolute Gasteiger partial charge is 0.324 e. The molecular formula is C14H15ClFN. The van der Waals surface area contributed by atoms with E-state index in [1.165, 1.54) is 12.1 Å². The molecule has 0 aromatic heterocycles. The van der Waals surface area contributed by atoms with Crippen LogP contribution >= 0.6 is 12.4 Å². The lowest BCUT2D eigenvalue weighted by Gasteiger charge is -2.08. The highest BCUT2D eigenvalue weighted by molar-refractivity contribution is 5.85. The van der Waals surface area contributed by atoms with Crippen molar-refractivity contribution in [2.75, 3.05) is 0 Å². The Balaban J connectivity index is 0.00000144. The van der Waals surface area contributed by atoms with Gasteiger partial charge < -0.3 is 5.73 Å². The van der Waals surface area contributed by atoms with Crippen molar-refractivity contribution in [1.82, 2.24) is 0 Å². The molecule has 2 rings (SSSR count). The molecule has 90 valence electrons. The SMILES string of the molecule is C[C@@H](N)c1cccc(-c2cccc(F)c2)c1.Cl. The van der Waals surface area contributed by atoms with E-state index in [2.05, 4.69) is 0 Å². The molecule has 17 heavy (non-hydrogen) atoms. The van der Waals surface area contributed by atoms with Gasteiger partial charge in [0.1, 0.15) is 5.82 Å². The molecule has 0 fully saturated rings. The standard InChI is InChI=1S/C14H14FN.ClH/c1-10(16)11-4-2-5-12(8-11)13-6-3-7-14(15)9-13;/h2-10H,16H2,1H3;1H/t10-;/m1./s1. The monoisotopic (exact) mass is 251 g/mol. The Morgan fingerprint density at radius 1 is 1.00 bits per heavy atom. The summed E-state index contributed by atoms with van der Waals surface area (Å²) < 4.78 is 13.1.